The Balaban J connectivity index is 1.55. The van der Waals surface area contributed by atoms with Crippen molar-refractivity contribution < 1.29 is 14.3 Å². The molecule has 0 radical (unpaired) electrons. The number of ether oxygens (including phenoxy) is 2. The van der Waals surface area contributed by atoms with Crippen LogP contribution in [0.2, 0.25) is 0 Å². The number of para-hydroxylation sites is 1. The van der Waals surface area contributed by atoms with Gasteiger partial charge in [0.1, 0.15) is 12.2 Å². The van der Waals surface area contributed by atoms with E-state index < -0.39 is 0 Å². The number of benzene rings is 2. The zero-order valence-electron chi connectivity index (χ0n) is 17.7. The Hall–Kier alpha value is -3.42. The summed E-state index contributed by atoms with van der Waals surface area (Å²) in [6.07, 6.45) is 4.01. The minimum atomic E-state index is -0.0656. The molecule has 2 aliphatic rings. The van der Waals surface area contributed by atoms with Gasteiger partial charge < -0.3 is 9.47 Å². The molecule has 1 aliphatic carbocycles. The maximum atomic E-state index is 13.3. The SMILES string of the molecule is COc1ccc(C2=NN(Cn3nnc4ccccc43)C(=O)C3CCCCC23)cc1OC. The van der Waals surface area contributed by atoms with E-state index >= 15 is 0 Å². The molecule has 1 fully saturated rings. The number of amides is 1. The van der Waals surface area contributed by atoms with Crippen LogP contribution >= 0.6 is 0 Å². The van der Waals surface area contributed by atoms with E-state index in [9.17, 15) is 4.79 Å². The molecular weight excluding hydrogens is 394 g/mol. The van der Waals surface area contributed by atoms with Gasteiger partial charge in [0.05, 0.1) is 25.4 Å². The number of nitrogens with zero attached hydrogens (tertiary/aromatic N) is 5. The van der Waals surface area contributed by atoms with Crippen molar-refractivity contribution in [3.63, 3.8) is 0 Å². The lowest BCUT2D eigenvalue weighted by molar-refractivity contribution is -0.140. The van der Waals surface area contributed by atoms with Crippen molar-refractivity contribution in [2.75, 3.05) is 14.2 Å². The molecule has 5 rings (SSSR count). The lowest BCUT2D eigenvalue weighted by atomic mass is 9.73. The van der Waals surface area contributed by atoms with Gasteiger partial charge in [-0.1, -0.05) is 30.2 Å². The van der Waals surface area contributed by atoms with Gasteiger partial charge in [0, 0.05) is 17.4 Å². The highest BCUT2D eigenvalue weighted by molar-refractivity contribution is 6.07. The van der Waals surface area contributed by atoms with Crippen molar-refractivity contribution in [2.45, 2.75) is 32.4 Å². The summed E-state index contributed by atoms with van der Waals surface area (Å²) in [7, 11) is 3.25. The molecule has 0 spiro atoms. The van der Waals surface area contributed by atoms with E-state index in [1.807, 2.05) is 42.5 Å². The van der Waals surface area contributed by atoms with E-state index in [4.69, 9.17) is 14.6 Å². The lowest BCUT2D eigenvalue weighted by Gasteiger charge is -2.38. The van der Waals surface area contributed by atoms with Crippen LogP contribution in [0.5, 0.6) is 11.5 Å². The average molecular weight is 419 g/mol. The number of fused-ring (bicyclic) bond motifs is 2. The number of methoxy groups -OCH3 is 2. The van der Waals surface area contributed by atoms with E-state index in [0.717, 1.165) is 48.0 Å². The maximum Gasteiger partial charge on any atom is 0.248 e. The monoisotopic (exact) mass is 419 g/mol. The van der Waals surface area contributed by atoms with Crippen LogP contribution in [-0.2, 0) is 11.5 Å². The van der Waals surface area contributed by atoms with Crippen molar-refractivity contribution in [1.82, 2.24) is 20.0 Å². The fourth-order valence-electron chi connectivity index (χ4n) is 4.72. The molecule has 1 amide bonds. The molecule has 0 N–H and O–H groups in total. The standard InChI is InChI=1S/C23H25N5O3/c1-30-20-12-11-15(13-21(20)31-2)22-16-7-3-4-8-17(16)23(29)28(25-22)14-27-19-10-6-5-9-18(19)24-26-27/h5-6,9-13,16-17H,3-4,7-8,14H2,1-2H3. The maximum absolute atomic E-state index is 13.3. The van der Waals surface area contributed by atoms with Crippen molar-refractivity contribution in [2.24, 2.45) is 16.9 Å². The Morgan fingerprint density at radius 2 is 1.77 bits per heavy atom. The normalized spacial score (nSPS) is 21.0. The summed E-state index contributed by atoms with van der Waals surface area (Å²) in [5.41, 5.74) is 3.56. The van der Waals surface area contributed by atoms with E-state index in [1.54, 1.807) is 23.9 Å². The Morgan fingerprint density at radius 1 is 1.00 bits per heavy atom. The van der Waals surface area contributed by atoms with Crippen LogP contribution in [-0.4, -0.2) is 45.8 Å². The highest BCUT2D eigenvalue weighted by Crippen LogP contribution is 2.39. The predicted octanol–water partition coefficient (Wildman–Crippen LogP) is 3.46. The fourth-order valence-corrected chi connectivity index (χ4v) is 4.72. The molecule has 2 atom stereocenters. The van der Waals surface area contributed by atoms with Gasteiger partial charge in [0.2, 0.25) is 5.91 Å². The van der Waals surface area contributed by atoms with Crippen LogP contribution in [0.25, 0.3) is 11.0 Å². The van der Waals surface area contributed by atoms with Gasteiger partial charge in [0.25, 0.3) is 0 Å². The van der Waals surface area contributed by atoms with Crippen LogP contribution in [0, 0.1) is 11.8 Å². The second-order valence-corrected chi connectivity index (χ2v) is 8.01. The molecule has 3 aromatic rings. The van der Waals surface area contributed by atoms with Crippen molar-refractivity contribution in [3.8, 4) is 11.5 Å². The first-order chi connectivity index (χ1) is 15.2. The van der Waals surface area contributed by atoms with Gasteiger partial charge >= 0.3 is 0 Å². The molecule has 2 unspecified atom stereocenters. The number of carbonyl (C=O) groups is 1. The summed E-state index contributed by atoms with van der Waals surface area (Å²) in [5, 5.41) is 14.8. The van der Waals surface area contributed by atoms with E-state index in [0.29, 0.717) is 11.5 Å². The number of hydrogen-bond acceptors (Lipinski definition) is 6. The number of aromatic nitrogens is 3. The first kappa shape index (κ1) is 19.5. The van der Waals surface area contributed by atoms with Crippen LogP contribution in [0.1, 0.15) is 31.2 Å². The van der Waals surface area contributed by atoms with Gasteiger partial charge in [-0.25, -0.2) is 9.69 Å². The molecule has 1 saturated carbocycles. The van der Waals surface area contributed by atoms with Crippen molar-refractivity contribution in [3.05, 3.63) is 48.0 Å². The molecular formula is C23H25N5O3. The predicted molar refractivity (Wildman–Crippen MR) is 116 cm³/mol. The summed E-state index contributed by atoms with van der Waals surface area (Å²) < 4.78 is 12.6. The zero-order valence-corrected chi connectivity index (χ0v) is 17.7. The average Bonchev–Trinajstić information content (AvgIpc) is 3.23. The number of carbonyl (C=O) groups excluding carboxylic acids is 1. The smallest absolute Gasteiger partial charge is 0.248 e. The highest BCUT2D eigenvalue weighted by atomic mass is 16.5. The van der Waals surface area contributed by atoms with Gasteiger partial charge in [0.15, 0.2) is 11.5 Å². The van der Waals surface area contributed by atoms with E-state index in [2.05, 4.69) is 10.3 Å². The Bertz CT molecular complexity index is 1160. The summed E-state index contributed by atoms with van der Waals surface area (Å²) in [6.45, 7) is 0.235. The topological polar surface area (TPSA) is 81.8 Å². The molecule has 2 aromatic carbocycles. The number of hydrogen-bond donors (Lipinski definition) is 0. The second-order valence-electron chi connectivity index (χ2n) is 8.01. The zero-order chi connectivity index (χ0) is 21.4. The molecule has 1 aliphatic heterocycles. The molecule has 8 heteroatoms. The molecule has 8 nitrogen and oxygen atoms in total. The van der Waals surface area contributed by atoms with Gasteiger partial charge in [-0.15, -0.1) is 5.10 Å². The molecule has 0 saturated heterocycles. The van der Waals surface area contributed by atoms with Crippen LogP contribution in [0.4, 0.5) is 0 Å². The molecule has 1 aromatic heterocycles. The summed E-state index contributed by atoms with van der Waals surface area (Å²) in [6, 6.07) is 13.6. The van der Waals surface area contributed by atoms with Crippen LogP contribution in [0.15, 0.2) is 47.6 Å². The van der Waals surface area contributed by atoms with E-state index in [-0.39, 0.29) is 24.4 Å². The lowest BCUT2D eigenvalue weighted by Crippen LogP contribution is -2.46. The third-order valence-corrected chi connectivity index (χ3v) is 6.28. The van der Waals surface area contributed by atoms with Gasteiger partial charge in [-0.2, -0.15) is 5.10 Å². The number of hydrazone groups is 1. The third kappa shape index (κ3) is 3.41. The van der Waals surface area contributed by atoms with Crippen LogP contribution in [0.3, 0.4) is 0 Å². The Labute approximate surface area is 180 Å². The minimum absolute atomic E-state index is 0.0634. The highest BCUT2D eigenvalue weighted by Gasteiger charge is 2.41. The Kier molecular flexibility index (Phi) is 5.05. The van der Waals surface area contributed by atoms with Gasteiger partial charge in [-0.05, 0) is 43.2 Å². The second kappa shape index (κ2) is 8.02. The summed E-state index contributed by atoms with van der Waals surface area (Å²) in [4.78, 5) is 13.3. The quantitative estimate of drug-likeness (QED) is 0.633. The molecule has 31 heavy (non-hydrogen) atoms. The van der Waals surface area contributed by atoms with E-state index in [1.165, 1.54) is 0 Å². The van der Waals surface area contributed by atoms with Crippen LogP contribution < -0.4 is 9.47 Å². The largest absolute Gasteiger partial charge is 0.493 e. The summed E-state index contributed by atoms with van der Waals surface area (Å²) >= 11 is 0. The van der Waals surface area contributed by atoms with Crippen molar-refractivity contribution in [1.29, 1.82) is 0 Å². The molecule has 0 bridgehead atoms. The Morgan fingerprint density at radius 3 is 2.58 bits per heavy atom. The fraction of sp³-hybridized carbons (Fsp3) is 0.391. The molecule has 160 valence electrons. The number of rotatable bonds is 5. The first-order valence-corrected chi connectivity index (χ1v) is 10.6. The third-order valence-electron chi connectivity index (χ3n) is 6.28. The first-order valence-electron chi connectivity index (χ1n) is 10.6. The molecule has 2 heterocycles. The minimum Gasteiger partial charge on any atom is -0.493 e. The van der Waals surface area contributed by atoms with Gasteiger partial charge in [-0.3, -0.25) is 4.79 Å². The van der Waals surface area contributed by atoms with Crippen molar-refractivity contribution >= 4 is 22.7 Å². The summed E-state index contributed by atoms with van der Waals surface area (Å²) in [5.74, 6) is 1.44.